The van der Waals surface area contributed by atoms with Gasteiger partial charge in [0.25, 0.3) is 0 Å². The van der Waals surface area contributed by atoms with E-state index >= 15 is 0 Å². The van der Waals surface area contributed by atoms with E-state index in [2.05, 4.69) is 5.32 Å². The van der Waals surface area contributed by atoms with E-state index in [4.69, 9.17) is 0 Å². The predicted molar refractivity (Wildman–Crippen MR) is 53.4 cm³/mol. The zero-order valence-electron chi connectivity index (χ0n) is 9.11. The zero-order chi connectivity index (χ0) is 13.1. The second kappa shape index (κ2) is 5.44. The SMILES string of the molecule is CCNC(CC(F)(F)F)c1cc(F)ccc1F. The van der Waals surface area contributed by atoms with Crippen molar-refractivity contribution < 1.29 is 22.0 Å². The molecule has 0 saturated carbocycles. The van der Waals surface area contributed by atoms with Crippen LogP contribution in [0.4, 0.5) is 22.0 Å². The molecule has 0 spiro atoms. The highest BCUT2D eigenvalue weighted by atomic mass is 19.4. The molecule has 1 atom stereocenters. The van der Waals surface area contributed by atoms with Crippen molar-refractivity contribution in [2.45, 2.75) is 25.6 Å². The summed E-state index contributed by atoms with van der Waals surface area (Å²) in [6.45, 7) is 1.83. The van der Waals surface area contributed by atoms with Crippen LogP contribution in [0.5, 0.6) is 0 Å². The highest BCUT2D eigenvalue weighted by Gasteiger charge is 2.33. The van der Waals surface area contributed by atoms with Gasteiger partial charge in [-0.2, -0.15) is 13.2 Å². The topological polar surface area (TPSA) is 12.0 Å². The molecule has 1 unspecified atom stereocenters. The van der Waals surface area contributed by atoms with Gasteiger partial charge in [0.05, 0.1) is 6.42 Å². The van der Waals surface area contributed by atoms with Crippen LogP contribution in [0.2, 0.25) is 0 Å². The van der Waals surface area contributed by atoms with Crippen LogP contribution >= 0.6 is 0 Å². The minimum Gasteiger partial charge on any atom is -0.310 e. The van der Waals surface area contributed by atoms with E-state index < -0.39 is 30.3 Å². The van der Waals surface area contributed by atoms with E-state index in [1.807, 2.05) is 0 Å². The van der Waals surface area contributed by atoms with Crippen molar-refractivity contribution in [2.24, 2.45) is 0 Å². The van der Waals surface area contributed by atoms with Crippen LogP contribution in [-0.2, 0) is 0 Å². The number of halogens is 5. The van der Waals surface area contributed by atoms with E-state index in [0.29, 0.717) is 0 Å². The van der Waals surface area contributed by atoms with Crippen molar-refractivity contribution in [2.75, 3.05) is 6.54 Å². The molecule has 1 rings (SSSR count). The first-order chi connectivity index (χ1) is 7.83. The first-order valence-electron chi connectivity index (χ1n) is 5.08. The second-order valence-corrected chi connectivity index (χ2v) is 3.60. The molecular formula is C11H12F5N. The van der Waals surface area contributed by atoms with E-state index in [-0.39, 0.29) is 12.1 Å². The molecule has 0 aliphatic heterocycles. The molecule has 1 aromatic rings. The molecule has 0 aliphatic carbocycles. The molecule has 6 heteroatoms. The summed E-state index contributed by atoms with van der Waals surface area (Å²) in [5.41, 5.74) is -0.302. The zero-order valence-corrected chi connectivity index (χ0v) is 9.11. The van der Waals surface area contributed by atoms with Crippen molar-refractivity contribution in [1.82, 2.24) is 5.32 Å². The Morgan fingerprint density at radius 2 is 1.88 bits per heavy atom. The molecule has 96 valence electrons. The van der Waals surface area contributed by atoms with Crippen molar-refractivity contribution in [3.63, 3.8) is 0 Å². The van der Waals surface area contributed by atoms with E-state index in [1.165, 1.54) is 0 Å². The largest absolute Gasteiger partial charge is 0.390 e. The summed E-state index contributed by atoms with van der Waals surface area (Å²) >= 11 is 0. The van der Waals surface area contributed by atoms with E-state index in [9.17, 15) is 22.0 Å². The summed E-state index contributed by atoms with van der Waals surface area (Å²) < 4.78 is 63.1. The fraction of sp³-hybridized carbons (Fsp3) is 0.455. The summed E-state index contributed by atoms with van der Waals surface area (Å²) in [5.74, 6) is -1.60. The maximum Gasteiger partial charge on any atom is 0.390 e. The summed E-state index contributed by atoms with van der Waals surface area (Å²) in [6, 6.07) is 1.21. The van der Waals surface area contributed by atoms with Gasteiger partial charge in [-0.3, -0.25) is 0 Å². The standard InChI is InChI=1S/C11H12F5N/c1-2-17-10(6-11(14,15)16)8-5-7(12)3-4-9(8)13/h3-5,10,17H,2,6H2,1H3. The van der Waals surface area contributed by atoms with Crippen LogP contribution < -0.4 is 5.32 Å². The average molecular weight is 253 g/mol. The van der Waals surface area contributed by atoms with Crippen LogP contribution in [0.1, 0.15) is 24.9 Å². The number of hydrogen-bond acceptors (Lipinski definition) is 1. The lowest BCUT2D eigenvalue weighted by Crippen LogP contribution is -2.27. The Bertz CT molecular complexity index is 375. The normalized spacial score (nSPS) is 13.8. The quantitative estimate of drug-likeness (QED) is 0.809. The van der Waals surface area contributed by atoms with Gasteiger partial charge >= 0.3 is 6.18 Å². The third-order valence-corrected chi connectivity index (χ3v) is 2.22. The minimum atomic E-state index is -4.44. The Morgan fingerprint density at radius 1 is 1.24 bits per heavy atom. The molecule has 0 aliphatic rings. The number of hydrogen-bond donors (Lipinski definition) is 1. The van der Waals surface area contributed by atoms with Gasteiger partial charge < -0.3 is 5.32 Å². The van der Waals surface area contributed by atoms with Gasteiger partial charge in [-0.25, -0.2) is 8.78 Å². The lowest BCUT2D eigenvalue weighted by molar-refractivity contribution is -0.140. The fourth-order valence-electron chi connectivity index (χ4n) is 1.55. The van der Waals surface area contributed by atoms with Crippen LogP contribution in [0.25, 0.3) is 0 Å². The Hall–Kier alpha value is -1.17. The van der Waals surface area contributed by atoms with Gasteiger partial charge in [0.1, 0.15) is 11.6 Å². The molecule has 17 heavy (non-hydrogen) atoms. The average Bonchev–Trinajstić information content (AvgIpc) is 2.19. The lowest BCUT2D eigenvalue weighted by Gasteiger charge is -2.20. The van der Waals surface area contributed by atoms with Gasteiger partial charge in [0, 0.05) is 11.6 Å². The van der Waals surface area contributed by atoms with Gasteiger partial charge in [0.2, 0.25) is 0 Å². The molecule has 0 aromatic heterocycles. The molecule has 0 radical (unpaired) electrons. The highest BCUT2D eigenvalue weighted by Crippen LogP contribution is 2.30. The Labute approximate surface area is 95.6 Å². The lowest BCUT2D eigenvalue weighted by atomic mass is 10.0. The molecule has 0 fully saturated rings. The van der Waals surface area contributed by atoms with Crippen molar-refractivity contribution in [1.29, 1.82) is 0 Å². The molecule has 0 amide bonds. The van der Waals surface area contributed by atoms with Crippen molar-refractivity contribution in [3.8, 4) is 0 Å². The van der Waals surface area contributed by atoms with E-state index in [1.54, 1.807) is 6.92 Å². The number of nitrogens with one attached hydrogen (secondary N) is 1. The molecule has 0 saturated heterocycles. The number of benzene rings is 1. The van der Waals surface area contributed by atoms with Gasteiger partial charge in [0.15, 0.2) is 0 Å². The first-order valence-corrected chi connectivity index (χ1v) is 5.08. The summed E-state index contributed by atoms with van der Waals surface area (Å²) in [7, 11) is 0. The van der Waals surface area contributed by atoms with Gasteiger partial charge in [-0.05, 0) is 24.7 Å². The van der Waals surface area contributed by atoms with Crippen LogP contribution in [0.15, 0.2) is 18.2 Å². The Morgan fingerprint density at radius 3 is 2.41 bits per heavy atom. The summed E-state index contributed by atoms with van der Waals surface area (Å²) in [5, 5.41) is 2.50. The molecule has 1 nitrogen and oxygen atoms in total. The molecular weight excluding hydrogens is 241 g/mol. The van der Waals surface area contributed by atoms with Gasteiger partial charge in [-0.1, -0.05) is 6.92 Å². The highest BCUT2D eigenvalue weighted by molar-refractivity contribution is 5.22. The molecule has 0 heterocycles. The number of alkyl halides is 3. The first kappa shape index (κ1) is 13.9. The van der Waals surface area contributed by atoms with Crippen molar-refractivity contribution >= 4 is 0 Å². The van der Waals surface area contributed by atoms with E-state index in [0.717, 1.165) is 18.2 Å². The third kappa shape index (κ3) is 4.30. The summed E-state index contributed by atoms with van der Waals surface area (Å²) in [6.07, 6.45) is -5.67. The fourth-order valence-corrected chi connectivity index (χ4v) is 1.55. The molecule has 1 aromatic carbocycles. The van der Waals surface area contributed by atoms with Crippen LogP contribution in [0, 0.1) is 11.6 Å². The summed E-state index contributed by atoms with van der Waals surface area (Å²) in [4.78, 5) is 0. The van der Waals surface area contributed by atoms with Crippen LogP contribution in [-0.4, -0.2) is 12.7 Å². The third-order valence-electron chi connectivity index (χ3n) is 2.22. The minimum absolute atomic E-state index is 0.233. The Kier molecular flexibility index (Phi) is 4.45. The monoisotopic (exact) mass is 253 g/mol. The Balaban J connectivity index is 3.00. The number of rotatable bonds is 4. The van der Waals surface area contributed by atoms with Crippen molar-refractivity contribution in [3.05, 3.63) is 35.4 Å². The second-order valence-electron chi connectivity index (χ2n) is 3.60. The predicted octanol–water partition coefficient (Wildman–Crippen LogP) is 3.57. The molecule has 0 bridgehead atoms. The van der Waals surface area contributed by atoms with Gasteiger partial charge in [-0.15, -0.1) is 0 Å². The maximum atomic E-state index is 13.3. The smallest absolute Gasteiger partial charge is 0.310 e. The molecule has 1 N–H and O–H groups in total. The van der Waals surface area contributed by atoms with Crippen LogP contribution in [0.3, 0.4) is 0 Å². The maximum absolute atomic E-state index is 13.3.